The first-order valence-corrected chi connectivity index (χ1v) is 5.53. The Bertz CT molecular complexity index is 369. The fourth-order valence-electron chi connectivity index (χ4n) is 0.857. The molecule has 0 aliphatic carbocycles. The maximum absolute atomic E-state index is 11.4. The molecule has 0 amide bonds. The van der Waals surface area contributed by atoms with Crippen LogP contribution in [-0.4, -0.2) is 24.7 Å². The molecule has 0 saturated carbocycles. The van der Waals surface area contributed by atoms with Gasteiger partial charge in [0.2, 0.25) is 10.0 Å². The van der Waals surface area contributed by atoms with Crippen molar-refractivity contribution in [1.82, 2.24) is 14.5 Å². The van der Waals surface area contributed by atoms with E-state index < -0.39 is 10.0 Å². The van der Waals surface area contributed by atoms with Crippen molar-refractivity contribution in [3.63, 3.8) is 0 Å². The van der Waals surface area contributed by atoms with Crippen LogP contribution in [0.3, 0.4) is 0 Å². The quantitative estimate of drug-likeness (QED) is 0.755. The smallest absolute Gasteiger partial charge is 0.243 e. The number of hydrogen-bond donors (Lipinski definition) is 1. The van der Waals surface area contributed by atoms with E-state index in [2.05, 4.69) is 9.82 Å². The minimum Gasteiger partial charge on any atom is -0.274 e. The molecule has 1 heterocycles. The zero-order valence-corrected chi connectivity index (χ0v) is 8.50. The van der Waals surface area contributed by atoms with Crippen molar-refractivity contribution in [2.24, 2.45) is 7.05 Å². The second kappa shape index (κ2) is 3.89. The summed E-state index contributed by atoms with van der Waals surface area (Å²) in [5, 5.41) is 3.79. The van der Waals surface area contributed by atoms with Crippen molar-refractivity contribution < 1.29 is 8.42 Å². The van der Waals surface area contributed by atoms with Crippen LogP contribution in [-0.2, 0) is 17.1 Å². The van der Waals surface area contributed by atoms with Crippen LogP contribution in [0.15, 0.2) is 17.3 Å². The third-order valence-electron chi connectivity index (χ3n) is 1.53. The molecule has 1 aromatic heterocycles. The molecule has 1 aromatic rings. The standard InChI is InChI=1S/C7H13N3O2S/c1-3-4-9-13(11,12)7-5-8-10(2)6-7/h5-6,9H,3-4H2,1-2H3. The second-order valence-electron chi connectivity index (χ2n) is 2.75. The van der Waals surface area contributed by atoms with E-state index in [9.17, 15) is 8.42 Å². The van der Waals surface area contributed by atoms with Crippen LogP contribution >= 0.6 is 0 Å². The van der Waals surface area contributed by atoms with Gasteiger partial charge in [-0.3, -0.25) is 4.68 Å². The van der Waals surface area contributed by atoms with Gasteiger partial charge < -0.3 is 0 Å². The van der Waals surface area contributed by atoms with Gasteiger partial charge in [-0.15, -0.1) is 0 Å². The van der Waals surface area contributed by atoms with Crippen LogP contribution in [0.5, 0.6) is 0 Å². The molecule has 5 nitrogen and oxygen atoms in total. The van der Waals surface area contributed by atoms with Crippen LogP contribution in [0.2, 0.25) is 0 Å². The molecule has 0 aliphatic rings. The predicted octanol–water partition coefficient (Wildman–Crippen LogP) is 0.108. The van der Waals surface area contributed by atoms with Crippen molar-refractivity contribution in [2.75, 3.05) is 6.54 Å². The molecule has 13 heavy (non-hydrogen) atoms. The Morgan fingerprint density at radius 1 is 1.62 bits per heavy atom. The summed E-state index contributed by atoms with van der Waals surface area (Å²) in [7, 11) is -1.66. The van der Waals surface area contributed by atoms with E-state index in [0.29, 0.717) is 6.54 Å². The topological polar surface area (TPSA) is 64.0 Å². The molecule has 6 heteroatoms. The van der Waals surface area contributed by atoms with Crippen molar-refractivity contribution >= 4 is 10.0 Å². The maximum Gasteiger partial charge on any atom is 0.243 e. The van der Waals surface area contributed by atoms with Gasteiger partial charge in [0.1, 0.15) is 4.90 Å². The minimum atomic E-state index is -3.33. The van der Waals surface area contributed by atoms with Gasteiger partial charge in [0.25, 0.3) is 0 Å². The molecule has 1 N–H and O–H groups in total. The summed E-state index contributed by atoms with van der Waals surface area (Å²) in [6.07, 6.45) is 3.58. The van der Waals surface area contributed by atoms with E-state index in [1.807, 2.05) is 6.92 Å². The maximum atomic E-state index is 11.4. The first-order chi connectivity index (χ1) is 6.06. The average molecular weight is 203 g/mol. The third-order valence-corrected chi connectivity index (χ3v) is 2.95. The molecule has 0 fully saturated rings. The molecule has 0 aromatic carbocycles. The van der Waals surface area contributed by atoms with E-state index in [0.717, 1.165) is 6.42 Å². The van der Waals surface area contributed by atoms with Crippen molar-refractivity contribution in [2.45, 2.75) is 18.2 Å². The van der Waals surface area contributed by atoms with Crippen LogP contribution < -0.4 is 4.72 Å². The highest BCUT2D eigenvalue weighted by Gasteiger charge is 2.14. The Morgan fingerprint density at radius 2 is 2.31 bits per heavy atom. The second-order valence-corrected chi connectivity index (χ2v) is 4.51. The lowest BCUT2D eigenvalue weighted by molar-refractivity contribution is 0.580. The van der Waals surface area contributed by atoms with Gasteiger partial charge in [-0.05, 0) is 6.42 Å². The van der Waals surface area contributed by atoms with Crippen LogP contribution in [0.1, 0.15) is 13.3 Å². The summed E-state index contributed by atoms with van der Waals surface area (Å²) in [6.45, 7) is 2.36. The first kappa shape index (κ1) is 10.2. The number of nitrogens with one attached hydrogen (secondary N) is 1. The number of nitrogens with zero attached hydrogens (tertiary/aromatic N) is 2. The van der Waals surface area contributed by atoms with Crippen LogP contribution in [0.25, 0.3) is 0 Å². The molecule has 0 bridgehead atoms. The Kier molecular flexibility index (Phi) is 3.05. The molecule has 1 rings (SSSR count). The lowest BCUT2D eigenvalue weighted by atomic mass is 10.5. The van der Waals surface area contributed by atoms with E-state index in [-0.39, 0.29) is 4.90 Å². The number of sulfonamides is 1. The molecule has 0 saturated heterocycles. The minimum absolute atomic E-state index is 0.212. The van der Waals surface area contributed by atoms with Gasteiger partial charge in [0, 0.05) is 19.8 Å². The summed E-state index contributed by atoms with van der Waals surface area (Å²) in [5.41, 5.74) is 0. The zero-order chi connectivity index (χ0) is 9.90. The normalized spacial score (nSPS) is 11.8. The molecule has 0 atom stereocenters. The van der Waals surface area contributed by atoms with Gasteiger partial charge >= 0.3 is 0 Å². The van der Waals surface area contributed by atoms with E-state index in [1.54, 1.807) is 7.05 Å². The Morgan fingerprint density at radius 3 is 2.77 bits per heavy atom. The SMILES string of the molecule is CCCNS(=O)(=O)c1cnn(C)c1. The van der Waals surface area contributed by atoms with Gasteiger partial charge in [-0.2, -0.15) is 5.10 Å². The van der Waals surface area contributed by atoms with E-state index in [1.165, 1.54) is 17.1 Å². The zero-order valence-electron chi connectivity index (χ0n) is 7.69. The van der Waals surface area contributed by atoms with Crippen LogP contribution in [0.4, 0.5) is 0 Å². The highest BCUT2D eigenvalue weighted by Crippen LogP contribution is 2.05. The Balaban J connectivity index is 2.82. The fourth-order valence-corrected chi connectivity index (χ4v) is 1.97. The molecule has 0 unspecified atom stereocenters. The average Bonchev–Trinajstić information content (AvgIpc) is 2.49. The number of aromatic nitrogens is 2. The summed E-state index contributed by atoms with van der Waals surface area (Å²) >= 11 is 0. The monoisotopic (exact) mass is 203 g/mol. The molecule has 0 radical (unpaired) electrons. The summed E-state index contributed by atoms with van der Waals surface area (Å²) in [6, 6.07) is 0. The third kappa shape index (κ3) is 2.53. The number of aryl methyl sites for hydroxylation is 1. The van der Waals surface area contributed by atoms with E-state index in [4.69, 9.17) is 0 Å². The molecular weight excluding hydrogens is 190 g/mol. The van der Waals surface area contributed by atoms with E-state index >= 15 is 0 Å². The predicted molar refractivity (Wildman–Crippen MR) is 48.7 cm³/mol. The Hall–Kier alpha value is -0.880. The lowest BCUT2D eigenvalue weighted by Gasteiger charge is -2.01. The Labute approximate surface area is 77.8 Å². The van der Waals surface area contributed by atoms with Gasteiger partial charge in [0.05, 0.1) is 6.20 Å². The number of rotatable bonds is 4. The summed E-state index contributed by atoms with van der Waals surface area (Å²) < 4.78 is 26.8. The van der Waals surface area contributed by atoms with Crippen molar-refractivity contribution in [3.8, 4) is 0 Å². The van der Waals surface area contributed by atoms with Gasteiger partial charge in [-0.1, -0.05) is 6.92 Å². The highest BCUT2D eigenvalue weighted by molar-refractivity contribution is 7.89. The highest BCUT2D eigenvalue weighted by atomic mass is 32.2. The summed E-state index contributed by atoms with van der Waals surface area (Å²) in [4.78, 5) is 0.212. The first-order valence-electron chi connectivity index (χ1n) is 4.04. The van der Waals surface area contributed by atoms with Crippen LogP contribution in [0, 0.1) is 0 Å². The molecule has 0 spiro atoms. The summed E-state index contributed by atoms with van der Waals surface area (Å²) in [5.74, 6) is 0. The lowest BCUT2D eigenvalue weighted by Crippen LogP contribution is -2.23. The molecular formula is C7H13N3O2S. The molecule has 0 aliphatic heterocycles. The van der Waals surface area contributed by atoms with Gasteiger partial charge in [-0.25, -0.2) is 13.1 Å². The number of hydrogen-bond acceptors (Lipinski definition) is 3. The van der Waals surface area contributed by atoms with Crippen molar-refractivity contribution in [3.05, 3.63) is 12.4 Å². The largest absolute Gasteiger partial charge is 0.274 e. The van der Waals surface area contributed by atoms with Gasteiger partial charge in [0.15, 0.2) is 0 Å². The molecule has 74 valence electrons. The van der Waals surface area contributed by atoms with Crippen molar-refractivity contribution in [1.29, 1.82) is 0 Å². The fraction of sp³-hybridized carbons (Fsp3) is 0.571.